The first-order chi connectivity index (χ1) is 11.9. The quantitative estimate of drug-likeness (QED) is 0.629. The van der Waals surface area contributed by atoms with Crippen LogP contribution in [0, 0.1) is 5.92 Å². The van der Waals surface area contributed by atoms with Crippen LogP contribution in [-0.2, 0) is 12.7 Å². The van der Waals surface area contributed by atoms with Crippen molar-refractivity contribution in [3.05, 3.63) is 35.4 Å². The highest BCUT2D eigenvalue weighted by molar-refractivity contribution is 5.79. The van der Waals surface area contributed by atoms with E-state index in [1.807, 2.05) is 6.92 Å². The maximum Gasteiger partial charge on any atom is 0.416 e. The van der Waals surface area contributed by atoms with E-state index in [0.29, 0.717) is 24.0 Å². The number of hydrogen-bond donors (Lipinski definition) is 2. The molecule has 1 aromatic carbocycles. The van der Waals surface area contributed by atoms with Crippen LogP contribution in [0.25, 0.3) is 0 Å². The van der Waals surface area contributed by atoms with Crippen LogP contribution >= 0.6 is 0 Å². The number of likely N-dealkylation sites (tertiary alicyclic amines) is 1. The summed E-state index contributed by atoms with van der Waals surface area (Å²) < 4.78 is 38.3. The Bertz CT molecular complexity index is 564. The van der Waals surface area contributed by atoms with Gasteiger partial charge in [-0.1, -0.05) is 12.1 Å². The number of benzene rings is 1. The Balaban J connectivity index is 1.93. The number of nitrogens with zero attached hydrogens (tertiary/aromatic N) is 2. The normalized spacial score (nSPS) is 17.6. The van der Waals surface area contributed by atoms with Gasteiger partial charge in [0.2, 0.25) is 0 Å². The molecule has 2 rings (SSSR count). The molecule has 1 aromatic rings. The molecule has 1 fully saturated rings. The molecule has 0 spiro atoms. The minimum atomic E-state index is -4.32. The molecule has 25 heavy (non-hydrogen) atoms. The minimum Gasteiger partial charge on any atom is -0.357 e. The number of aliphatic imine (C=N–C) groups is 1. The molecule has 0 aliphatic carbocycles. The summed E-state index contributed by atoms with van der Waals surface area (Å²) in [5, 5.41) is 6.47. The van der Waals surface area contributed by atoms with Crippen molar-refractivity contribution in [2.24, 2.45) is 10.9 Å². The van der Waals surface area contributed by atoms with Crippen molar-refractivity contribution in [2.75, 3.05) is 33.2 Å². The molecule has 1 saturated heterocycles. The number of alkyl halides is 3. The van der Waals surface area contributed by atoms with Crippen molar-refractivity contribution in [2.45, 2.75) is 32.5 Å². The lowest BCUT2D eigenvalue weighted by atomic mass is 9.97. The van der Waals surface area contributed by atoms with E-state index in [4.69, 9.17) is 0 Å². The molecule has 0 unspecified atom stereocenters. The zero-order chi connectivity index (χ0) is 18.3. The summed E-state index contributed by atoms with van der Waals surface area (Å²) >= 11 is 0. The van der Waals surface area contributed by atoms with Crippen molar-refractivity contribution in [3.63, 3.8) is 0 Å². The van der Waals surface area contributed by atoms with Crippen LogP contribution < -0.4 is 10.6 Å². The molecule has 1 heterocycles. The van der Waals surface area contributed by atoms with Crippen LogP contribution in [0.4, 0.5) is 13.2 Å². The van der Waals surface area contributed by atoms with Gasteiger partial charge in [-0.2, -0.15) is 13.2 Å². The fraction of sp³-hybridized carbons (Fsp3) is 0.611. The first kappa shape index (κ1) is 19.6. The predicted molar refractivity (Wildman–Crippen MR) is 94.5 cm³/mol. The molecule has 1 aliphatic heterocycles. The highest BCUT2D eigenvalue weighted by Crippen LogP contribution is 2.29. The summed E-state index contributed by atoms with van der Waals surface area (Å²) in [5.74, 6) is 1.26. The molecule has 0 saturated carbocycles. The third kappa shape index (κ3) is 6.57. The van der Waals surface area contributed by atoms with Crippen LogP contribution in [0.3, 0.4) is 0 Å². The number of halogens is 3. The molecule has 1 aliphatic rings. The van der Waals surface area contributed by atoms with E-state index in [-0.39, 0.29) is 6.54 Å². The van der Waals surface area contributed by atoms with Gasteiger partial charge < -0.3 is 15.5 Å². The highest BCUT2D eigenvalue weighted by atomic mass is 19.4. The van der Waals surface area contributed by atoms with Crippen LogP contribution in [0.2, 0.25) is 0 Å². The van der Waals surface area contributed by atoms with E-state index in [9.17, 15) is 13.2 Å². The van der Waals surface area contributed by atoms with E-state index in [1.165, 1.54) is 6.07 Å². The second-order valence-corrected chi connectivity index (χ2v) is 6.52. The van der Waals surface area contributed by atoms with Gasteiger partial charge in [0, 0.05) is 13.1 Å². The minimum absolute atomic E-state index is 0.215. The molecule has 0 bridgehead atoms. The van der Waals surface area contributed by atoms with E-state index in [0.717, 1.165) is 44.6 Å². The second-order valence-electron chi connectivity index (χ2n) is 6.52. The number of nitrogens with one attached hydrogen (secondary N) is 2. The molecule has 0 aromatic heterocycles. The van der Waals surface area contributed by atoms with Gasteiger partial charge >= 0.3 is 6.18 Å². The number of guanidine groups is 1. The fourth-order valence-corrected chi connectivity index (χ4v) is 2.87. The van der Waals surface area contributed by atoms with Crippen molar-refractivity contribution < 1.29 is 13.2 Å². The summed E-state index contributed by atoms with van der Waals surface area (Å²) in [7, 11) is 2.13. The van der Waals surface area contributed by atoms with Crippen molar-refractivity contribution >= 4 is 5.96 Å². The molecule has 0 atom stereocenters. The maximum absolute atomic E-state index is 12.8. The van der Waals surface area contributed by atoms with Gasteiger partial charge in [-0.3, -0.25) is 0 Å². The maximum atomic E-state index is 12.8. The van der Waals surface area contributed by atoms with Gasteiger partial charge in [0.25, 0.3) is 0 Å². The molecule has 4 nitrogen and oxygen atoms in total. The third-order valence-corrected chi connectivity index (χ3v) is 4.41. The van der Waals surface area contributed by atoms with E-state index >= 15 is 0 Å². The molecule has 0 radical (unpaired) electrons. The first-order valence-electron chi connectivity index (χ1n) is 8.75. The van der Waals surface area contributed by atoms with E-state index in [1.54, 1.807) is 6.07 Å². The smallest absolute Gasteiger partial charge is 0.357 e. The molecule has 0 amide bonds. The zero-order valence-electron chi connectivity index (χ0n) is 14.9. The molecule has 7 heteroatoms. The average molecular weight is 356 g/mol. The summed E-state index contributed by atoms with van der Waals surface area (Å²) in [6.45, 7) is 5.93. The third-order valence-electron chi connectivity index (χ3n) is 4.41. The van der Waals surface area contributed by atoms with Gasteiger partial charge in [0.05, 0.1) is 12.1 Å². The van der Waals surface area contributed by atoms with Crippen molar-refractivity contribution in [1.82, 2.24) is 15.5 Å². The Morgan fingerprint density at radius 2 is 1.96 bits per heavy atom. The van der Waals surface area contributed by atoms with Crippen LogP contribution in [-0.4, -0.2) is 44.1 Å². The summed E-state index contributed by atoms with van der Waals surface area (Å²) in [4.78, 5) is 6.75. The number of piperidine rings is 1. The van der Waals surface area contributed by atoms with Gasteiger partial charge in [0.15, 0.2) is 5.96 Å². The lowest BCUT2D eigenvalue weighted by Crippen LogP contribution is -2.42. The van der Waals surface area contributed by atoms with Crippen LogP contribution in [0.15, 0.2) is 29.3 Å². The first-order valence-corrected chi connectivity index (χ1v) is 8.75. The standard InChI is InChI=1S/C18H27F3N4/c1-3-22-17(23-12-14-7-9-25(2)10-8-14)24-13-15-5-4-6-16(11-15)18(19,20)21/h4-6,11,14H,3,7-10,12-13H2,1-2H3,(H2,22,23,24). The lowest BCUT2D eigenvalue weighted by molar-refractivity contribution is -0.137. The van der Waals surface area contributed by atoms with Crippen LogP contribution in [0.1, 0.15) is 30.9 Å². The molecule has 140 valence electrons. The summed E-state index contributed by atoms with van der Waals surface area (Å²) in [6, 6.07) is 5.33. The lowest BCUT2D eigenvalue weighted by Gasteiger charge is -2.29. The summed E-state index contributed by atoms with van der Waals surface area (Å²) in [5.41, 5.74) is -0.0872. The SMILES string of the molecule is CCNC(=NCc1cccc(C(F)(F)F)c1)NCC1CCN(C)CC1. The van der Waals surface area contributed by atoms with Gasteiger partial charge in [-0.15, -0.1) is 0 Å². The van der Waals surface area contributed by atoms with Crippen molar-refractivity contribution in [3.8, 4) is 0 Å². The molecular formula is C18H27F3N4. The Labute approximate surface area is 147 Å². The average Bonchev–Trinajstić information content (AvgIpc) is 2.58. The Morgan fingerprint density at radius 1 is 1.24 bits per heavy atom. The van der Waals surface area contributed by atoms with Gasteiger partial charge in [-0.05, 0) is 63.5 Å². The highest BCUT2D eigenvalue weighted by Gasteiger charge is 2.30. The Hall–Kier alpha value is -1.76. The largest absolute Gasteiger partial charge is 0.416 e. The van der Waals surface area contributed by atoms with Gasteiger partial charge in [0.1, 0.15) is 0 Å². The molecule has 2 N–H and O–H groups in total. The molecular weight excluding hydrogens is 329 g/mol. The van der Waals surface area contributed by atoms with Crippen LogP contribution in [0.5, 0.6) is 0 Å². The Morgan fingerprint density at radius 3 is 2.60 bits per heavy atom. The van der Waals surface area contributed by atoms with Crippen molar-refractivity contribution in [1.29, 1.82) is 0 Å². The topological polar surface area (TPSA) is 39.7 Å². The van der Waals surface area contributed by atoms with E-state index in [2.05, 4.69) is 27.6 Å². The predicted octanol–water partition coefficient (Wildman–Crippen LogP) is 3.10. The fourth-order valence-electron chi connectivity index (χ4n) is 2.87. The number of rotatable bonds is 5. The van der Waals surface area contributed by atoms with Gasteiger partial charge in [-0.25, -0.2) is 4.99 Å². The number of hydrogen-bond acceptors (Lipinski definition) is 2. The Kier molecular flexibility index (Phi) is 7.11. The zero-order valence-corrected chi connectivity index (χ0v) is 14.9. The second kappa shape index (κ2) is 9.08. The summed E-state index contributed by atoms with van der Waals surface area (Å²) in [6.07, 6.45) is -2.02. The van der Waals surface area contributed by atoms with E-state index < -0.39 is 11.7 Å². The monoisotopic (exact) mass is 356 g/mol.